The van der Waals surface area contributed by atoms with Crippen LogP contribution in [0.1, 0.15) is 44.9 Å². The van der Waals surface area contributed by atoms with Gasteiger partial charge in [0.25, 0.3) is 0 Å². The lowest BCUT2D eigenvalue weighted by atomic mass is 9.66. The number of carbonyl (C=O) groups is 2. The molecule has 0 aliphatic carbocycles. The summed E-state index contributed by atoms with van der Waals surface area (Å²) in [6.45, 7) is 2.34. The van der Waals surface area contributed by atoms with Gasteiger partial charge in [-0.2, -0.15) is 0 Å². The van der Waals surface area contributed by atoms with E-state index in [9.17, 15) is 9.59 Å². The van der Waals surface area contributed by atoms with Gasteiger partial charge in [-0.15, -0.1) is 0 Å². The van der Waals surface area contributed by atoms with Crippen molar-refractivity contribution in [2.75, 3.05) is 26.4 Å². The summed E-state index contributed by atoms with van der Waals surface area (Å²) in [5, 5.41) is 0. The Morgan fingerprint density at radius 3 is 2.12 bits per heavy atom. The van der Waals surface area contributed by atoms with E-state index in [1.54, 1.807) is 0 Å². The molecular formula is C18H26O6. The summed E-state index contributed by atoms with van der Waals surface area (Å²) in [5.41, 5.74) is -2.51. The Hall–Kier alpha value is -0.820. The average molecular weight is 338 g/mol. The summed E-state index contributed by atoms with van der Waals surface area (Å²) in [6, 6.07) is 0. The van der Waals surface area contributed by atoms with E-state index in [0.29, 0.717) is 39.3 Å². The zero-order chi connectivity index (χ0) is 16.7. The predicted molar refractivity (Wildman–Crippen MR) is 83.7 cm³/mol. The molecule has 0 aromatic rings. The fourth-order valence-electron chi connectivity index (χ4n) is 5.40. The van der Waals surface area contributed by atoms with Crippen LogP contribution in [0, 0.1) is 5.92 Å². The lowest BCUT2D eigenvalue weighted by Gasteiger charge is -2.48. The van der Waals surface area contributed by atoms with Gasteiger partial charge in [-0.1, -0.05) is 0 Å². The van der Waals surface area contributed by atoms with Gasteiger partial charge in [0.15, 0.2) is 18.2 Å². The van der Waals surface area contributed by atoms with Gasteiger partial charge in [0.1, 0.15) is 11.2 Å². The monoisotopic (exact) mass is 338 g/mol. The van der Waals surface area contributed by atoms with Crippen molar-refractivity contribution in [2.45, 2.75) is 67.9 Å². The molecule has 4 aliphatic rings. The van der Waals surface area contributed by atoms with Crippen LogP contribution in [0.5, 0.6) is 0 Å². The Labute approximate surface area is 142 Å². The Morgan fingerprint density at radius 1 is 0.792 bits per heavy atom. The van der Waals surface area contributed by atoms with Gasteiger partial charge in [0.05, 0.1) is 6.10 Å². The minimum absolute atomic E-state index is 0.0633. The topological polar surface area (TPSA) is 71.1 Å². The normalized spacial score (nSPS) is 48.8. The third-order valence-electron chi connectivity index (χ3n) is 6.47. The highest BCUT2D eigenvalue weighted by Gasteiger charge is 2.66. The molecule has 4 heterocycles. The largest absolute Gasteiger partial charge is 0.374 e. The van der Waals surface area contributed by atoms with Gasteiger partial charge >= 0.3 is 0 Å². The minimum Gasteiger partial charge on any atom is -0.374 e. The molecular weight excluding hydrogens is 312 g/mol. The highest BCUT2D eigenvalue weighted by atomic mass is 16.6. The highest BCUT2D eigenvalue weighted by molar-refractivity contribution is 5.67. The average Bonchev–Trinajstić information content (AvgIpc) is 3.42. The standard InChI is InChI=1S/C18H26O6/c19-12-16(5-1-8-22-16)15-14(4-11-21-15)18(7-3-10-24-18)17(13-20)6-2-9-23-17/h12-15H,1-11H2/t14?,15-,16-,17-,18-/m0/s1. The fourth-order valence-corrected chi connectivity index (χ4v) is 5.40. The maximum Gasteiger partial charge on any atom is 0.154 e. The van der Waals surface area contributed by atoms with Crippen LogP contribution >= 0.6 is 0 Å². The summed E-state index contributed by atoms with van der Waals surface area (Å²) in [6.07, 6.45) is 6.99. The van der Waals surface area contributed by atoms with Crippen LogP contribution in [-0.2, 0) is 28.5 Å². The number of rotatable bonds is 5. The van der Waals surface area contributed by atoms with Gasteiger partial charge in [0, 0.05) is 32.3 Å². The molecule has 4 aliphatic heterocycles. The molecule has 0 aromatic carbocycles. The number of hydrogen-bond donors (Lipinski definition) is 0. The zero-order valence-corrected chi connectivity index (χ0v) is 14.0. The molecule has 4 saturated heterocycles. The molecule has 4 rings (SSSR count). The van der Waals surface area contributed by atoms with E-state index >= 15 is 0 Å². The maximum absolute atomic E-state index is 12.1. The van der Waals surface area contributed by atoms with Crippen molar-refractivity contribution in [3.05, 3.63) is 0 Å². The van der Waals surface area contributed by atoms with E-state index in [0.717, 1.165) is 44.7 Å². The molecule has 4 fully saturated rings. The second kappa shape index (κ2) is 6.16. The molecule has 0 saturated carbocycles. The Kier molecular flexibility index (Phi) is 4.27. The quantitative estimate of drug-likeness (QED) is 0.707. The van der Waals surface area contributed by atoms with Crippen LogP contribution in [0.3, 0.4) is 0 Å². The second-order valence-corrected chi connectivity index (χ2v) is 7.51. The summed E-state index contributed by atoms with van der Waals surface area (Å²) in [7, 11) is 0. The first-order valence-corrected chi connectivity index (χ1v) is 9.18. The molecule has 0 amide bonds. The van der Waals surface area contributed by atoms with E-state index in [1.165, 1.54) is 0 Å². The smallest absolute Gasteiger partial charge is 0.154 e. The Balaban J connectivity index is 1.73. The molecule has 5 atom stereocenters. The van der Waals surface area contributed by atoms with Crippen molar-refractivity contribution in [2.24, 2.45) is 5.92 Å². The van der Waals surface area contributed by atoms with E-state index in [4.69, 9.17) is 18.9 Å². The lowest BCUT2D eigenvalue weighted by Crippen LogP contribution is -2.63. The SMILES string of the molecule is O=C[C@]1([C@H]2OCCC2[C@]2([C@@]3(C=O)CCCO3)CCCO2)CCCO1. The number of hydrogen-bond acceptors (Lipinski definition) is 6. The predicted octanol–water partition coefficient (Wildman–Crippen LogP) is 1.44. The van der Waals surface area contributed by atoms with Crippen LogP contribution in [0.4, 0.5) is 0 Å². The van der Waals surface area contributed by atoms with Crippen molar-refractivity contribution in [3.63, 3.8) is 0 Å². The van der Waals surface area contributed by atoms with E-state index < -0.39 is 16.8 Å². The highest BCUT2D eigenvalue weighted by Crippen LogP contribution is 2.54. The van der Waals surface area contributed by atoms with Gasteiger partial charge in [-0.05, 0) is 44.9 Å². The first-order chi connectivity index (χ1) is 11.7. The third-order valence-corrected chi connectivity index (χ3v) is 6.47. The van der Waals surface area contributed by atoms with Crippen LogP contribution in [-0.4, -0.2) is 61.9 Å². The minimum atomic E-state index is -0.914. The van der Waals surface area contributed by atoms with E-state index in [1.807, 2.05) is 0 Å². The van der Waals surface area contributed by atoms with Crippen LogP contribution in [0.2, 0.25) is 0 Å². The lowest BCUT2D eigenvalue weighted by molar-refractivity contribution is -0.209. The molecule has 0 bridgehead atoms. The molecule has 1 unspecified atom stereocenters. The van der Waals surface area contributed by atoms with Crippen LogP contribution in [0.15, 0.2) is 0 Å². The van der Waals surface area contributed by atoms with Gasteiger partial charge in [-0.3, -0.25) is 0 Å². The van der Waals surface area contributed by atoms with Crippen LogP contribution < -0.4 is 0 Å². The van der Waals surface area contributed by atoms with E-state index in [-0.39, 0.29) is 12.0 Å². The molecule has 24 heavy (non-hydrogen) atoms. The second-order valence-electron chi connectivity index (χ2n) is 7.51. The summed E-state index contributed by atoms with van der Waals surface area (Å²) in [4.78, 5) is 24.0. The first-order valence-electron chi connectivity index (χ1n) is 9.18. The Morgan fingerprint density at radius 2 is 1.54 bits per heavy atom. The molecule has 134 valence electrons. The van der Waals surface area contributed by atoms with E-state index in [2.05, 4.69) is 0 Å². The molecule has 0 N–H and O–H groups in total. The molecule has 6 heteroatoms. The number of carbonyl (C=O) groups excluding carboxylic acids is 2. The van der Waals surface area contributed by atoms with Crippen LogP contribution in [0.25, 0.3) is 0 Å². The Bertz CT molecular complexity index is 486. The number of ether oxygens (including phenoxy) is 4. The van der Waals surface area contributed by atoms with Gasteiger partial charge < -0.3 is 28.5 Å². The summed E-state index contributed by atoms with van der Waals surface area (Å²) < 4.78 is 24.1. The molecule has 6 nitrogen and oxygen atoms in total. The fraction of sp³-hybridized carbons (Fsp3) is 0.889. The van der Waals surface area contributed by atoms with Crippen molar-refractivity contribution < 1.29 is 28.5 Å². The third kappa shape index (κ3) is 2.16. The molecule has 0 radical (unpaired) electrons. The number of aldehydes is 2. The van der Waals surface area contributed by atoms with Crippen molar-refractivity contribution >= 4 is 12.6 Å². The van der Waals surface area contributed by atoms with Crippen molar-refractivity contribution in [1.82, 2.24) is 0 Å². The van der Waals surface area contributed by atoms with Gasteiger partial charge in [0.2, 0.25) is 0 Å². The van der Waals surface area contributed by atoms with Gasteiger partial charge in [-0.25, -0.2) is 0 Å². The molecule has 0 aromatic heterocycles. The summed E-state index contributed by atoms with van der Waals surface area (Å²) in [5.74, 6) is -0.0633. The summed E-state index contributed by atoms with van der Waals surface area (Å²) >= 11 is 0. The van der Waals surface area contributed by atoms with Crippen molar-refractivity contribution in [1.29, 1.82) is 0 Å². The zero-order valence-electron chi connectivity index (χ0n) is 14.0. The first kappa shape index (κ1) is 16.6. The van der Waals surface area contributed by atoms with Crippen molar-refractivity contribution in [3.8, 4) is 0 Å². The molecule has 0 spiro atoms. The maximum atomic E-state index is 12.1.